The minimum absolute atomic E-state index is 0.0620. The van der Waals surface area contributed by atoms with Crippen LogP contribution < -0.4 is 14.8 Å². The van der Waals surface area contributed by atoms with Gasteiger partial charge in [-0.2, -0.15) is 0 Å². The third kappa shape index (κ3) is 3.94. The van der Waals surface area contributed by atoms with Crippen molar-refractivity contribution in [3.05, 3.63) is 23.3 Å². The third-order valence-corrected chi connectivity index (χ3v) is 4.51. The number of rotatable bonds is 6. The van der Waals surface area contributed by atoms with Crippen molar-refractivity contribution < 1.29 is 17.9 Å². The molecule has 0 aliphatic rings. The summed E-state index contributed by atoms with van der Waals surface area (Å²) in [7, 11) is -0.581. The van der Waals surface area contributed by atoms with E-state index in [1.807, 2.05) is 0 Å². The van der Waals surface area contributed by atoms with Crippen LogP contribution in [0.2, 0.25) is 0 Å². The lowest BCUT2D eigenvalue weighted by molar-refractivity contribution is -0.120. The van der Waals surface area contributed by atoms with Gasteiger partial charge in [-0.15, -0.1) is 0 Å². The summed E-state index contributed by atoms with van der Waals surface area (Å²) in [5.74, 6) is 0.433. The van der Waals surface area contributed by atoms with E-state index < -0.39 is 10.0 Å². The highest BCUT2D eigenvalue weighted by Crippen LogP contribution is 2.25. The van der Waals surface area contributed by atoms with Crippen LogP contribution in [0.15, 0.2) is 17.0 Å². The highest BCUT2D eigenvalue weighted by Gasteiger charge is 2.18. The zero-order chi connectivity index (χ0) is 15.3. The van der Waals surface area contributed by atoms with E-state index in [1.165, 1.54) is 14.2 Å². The summed E-state index contributed by atoms with van der Waals surface area (Å²) in [6, 6.07) is 3.25. The quantitative estimate of drug-likeness (QED) is 0.811. The van der Waals surface area contributed by atoms with E-state index >= 15 is 0 Å². The molecule has 0 unspecified atom stereocenters. The van der Waals surface area contributed by atoms with Gasteiger partial charge in [-0.05, 0) is 37.1 Å². The van der Waals surface area contributed by atoms with Crippen molar-refractivity contribution >= 4 is 15.9 Å². The largest absolute Gasteiger partial charge is 0.496 e. The molecule has 0 fully saturated rings. The number of nitrogens with one attached hydrogen (secondary N) is 2. The van der Waals surface area contributed by atoms with Crippen molar-refractivity contribution in [3.63, 3.8) is 0 Å². The van der Waals surface area contributed by atoms with Crippen LogP contribution in [-0.2, 0) is 14.8 Å². The maximum atomic E-state index is 12.2. The Morgan fingerprint density at radius 3 is 2.45 bits per heavy atom. The van der Waals surface area contributed by atoms with Gasteiger partial charge in [-0.1, -0.05) is 0 Å². The lowest BCUT2D eigenvalue weighted by Crippen LogP contribution is -2.29. The second-order valence-electron chi connectivity index (χ2n) is 4.41. The van der Waals surface area contributed by atoms with E-state index in [9.17, 15) is 13.2 Å². The summed E-state index contributed by atoms with van der Waals surface area (Å²) in [5.41, 5.74) is 1.34. The number of ether oxygens (including phenoxy) is 1. The number of aryl methyl sites for hydroxylation is 2. The first-order valence-electron chi connectivity index (χ1n) is 6.17. The molecule has 2 N–H and O–H groups in total. The second kappa shape index (κ2) is 6.71. The first-order chi connectivity index (χ1) is 9.31. The average Bonchev–Trinajstić information content (AvgIpc) is 2.40. The Hall–Kier alpha value is -1.60. The highest BCUT2D eigenvalue weighted by atomic mass is 32.2. The molecule has 1 amide bonds. The van der Waals surface area contributed by atoms with Crippen molar-refractivity contribution in [1.29, 1.82) is 0 Å². The van der Waals surface area contributed by atoms with Crippen LogP contribution in [0.3, 0.4) is 0 Å². The average molecular weight is 300 g/mol. The minimum atomic E-state index is -3.63. The molecule has 0 aliphatic heterocycles. The number of benzene rings is 1. The fourth-order valence-corrected chi connectivity index (χ4v) is 3.12. The number of hydrogen-bond acceptors (Lipinski definition) is 4. The van der Waals surface area contributed by atoms with Gasteiger partial charge in [0.25, 0.3) is 0 Å². The maximum absolute atomic E-state index is 12.2. The summed E-state index contributed by atoms with van der Waals surface area (Å²) < 4.78 is 32.0. The monoisotopic (exact) mass is 300 g/mol. The zero-order valence-corrected chi connectivity index (χ0v) is 12.9. The van der Waals surface area contributed by atoms with Crippen LogP contribution in [0.4, 0.5) is 0 Å². The highest BCUT2D eigenvalue weighted by molar-refractivity contribution is 7.89. The second-order valence-corrected chi connectivity index (χ2v) is 6.14. The van der Waals surface area contributed by atoms with Gasteiger partial charge in [-0.25, -0.2) is 13.1 Å². The zero-order valence-electron chi connectivity index (χ0n) is 12.1. The molecule has 0 aliphatic carbocycles. The Labute approximate surface area is 119 Å². The third-order valence-electron chi connectivity index (χ3n) is 2.90. The van der Waals surface area contributed by atoms with Gasteiger partial charge in [0, 0.05) is 20.0 Å². The fourth-order valence-electron chi connectivity index (χ4n) is 1.77. The van der Waals surface area contributed by atoms with E-state index in [4.69, 9.17) is 4.74 Å². The summed E-state index contributed by atoms with van der Waals surface area (Å²) in [6.45, 7) is 3.55. The maximum Gasteiger partial charge on any atom is 0.240 e. The SMILES string of the molecule is CNC(=O)CCNS(=O)(=O)c1cc(C)c(OC)cc1C. The molecule has 1 rings (SSSR count). The number of sulfonamides is 1. The molecule has 0 heterocycles. The Morgan fingerprint density at radius 2 is 1.90 bits per heavy atom. The molecule has 0 saturated heterocycles. The van der Waals surface area contributed by atoms with Gasteiger partial charge < -0.3 is 10.1 Å². The number of hydrogen-bond donors (Lipinski definition) is 2. The molecule has 0 bridgehead atoms. The molecule has 1 aromatic carbocycles. The van der Waals surface area contributed by atoms with E-state index in [-0.39, 0.29) is 23.8 Å². The van der Waals surface area contributed by atoms with Gasteiger partial charge in [0.15, 0.2) is 0 Å². The van der Waals surface area contributed by atoms with Crippen molar-refractivity contribution in [2.75, 3.05) is 20.7 Å². The number of methoxy groups -OCH3 is 1. The van der Waals surface area contributed by atoms with Crippen LogP contribution in [0.25, 0.3) is 0 Å². The van der Waals surface area contributed by atoms with Crippen molar-refractivity contribution in [1.82, 2.24) is 10.0 Å². The summed E-state index contributed by atoms with van der Waals surface area (Å²) >= 11 is 0. The van der Waals surface area contributed by atoms with Gasteiger partial charge in [-0.3, -0.25) is 4.79 Å². The number of amides is 1. The molecule has 112 valence electrons. The first-order valence-corrected chi connectivity index (χ1v) is 7.65. The van der Waals surface area contributed by atoms with Crippen LogP contribution in [0.1, 0.15) is 17.5 Å². The summed E-state index contributed by atoms with van der Waals surface area (Å²) in [6.07, 6.45) is 0.101. The van der Waals surface area contributed by atoms with Gasteiger partial charge in [0.1, 0.15) is 5.75 Å². The predicted molar refractivity (Wildman–Crippen MR) is 76.3 cm³/mol. The normalized spacial score (nSPS) is 11.2. The van der Waals surface area contributed by atoms with Crippen LogP contribution in [0.5, 0.6) is 5.75 Å². The van der Waals surface area contributed by atoms with Crippen LogP contribution in [-0.4, -0.2) is 35.0 Å². The summed E-state index contributed by atoms with van der Waals surface area (Å²) in [5, 5.41) is 2.44. The molecular formula is C13H20N2O4S. The Morgan fingerprint density at radius 1 is 1.25 bits per heavy atom. The molecule has 20 heavy (non-hydrogen) atoms. The van der Waals surface area contributed by atoms with Crippen LogP contribution >= 0.6 is 0 Å². The molecule has 0 spiro atoms. The minimum Gasteiger partial charge on any atom is -0.496 e. The van der Waals surface area contributed by atoms with Crippen molar-refractivity contribution in [2.45, 2.75) is 25.2 Å². The fraction of sp³-hybridized carbons (Fsp3) is 0.462. The van der Waals surface area contributed by atoms with Crippen molar-refractivity contribution in [3.8, 4) is 5.75 Å². The molecule has 7 heteroatoms. The topological polar surface area (TPSA) is 84.5 Å². The standard InChI is InChI=1S/C13H20N2O4S/c1-9-8-12(10(2)7-11(9)19-4)20(17,18)15-6-5-13(16)14-3/h7-8,15H,5-6H2,1-4H3,(H,14,16). The molecular weight excluding hydrogens is 280 g/mol. The molecule has 0 aromatic heterocycles. The van der Waals surface area contributed by atoms with Crippen LogP contribution in [0, 0.1) is 13.8 Å². The van der Waals surface area contributed by atoms with Gasteiger partial charge >= 0.3 is 0 Å². The van der Waals surface area contributed by atoms with Gasteiger partial charge in [0.05, 0.1) is 12.0 Å². The molecule has 6 nitrogen and oxygen atoms in total. The van der Waals surface area contributed by atoms with E-state index in [0.717, 1.165) is 5.56 Å². The Kier molecular flexibility index (Phi) is 5.52. The van der Waals surface area contributed by atoms with E-state index in [0.29, 0.717) is 11.3 Å². The van der Waals surface area contributed by atoms with E-state index in [1.54, 1.807) is 26.0 Å². The predicted octanol–water partition coefficient (Wildman–Crippen LogP) is 0.726. The van der Waals surface area contributed by atoms with Gasteiger partial charge in [0.2, 0.25) is 15.9 Å². The Balaban J connectivity index is 2.93. The number of carbonyl (C=O) groups is 1. The molecule has 0 radical (unpaired) electrons. The summed E-state index contributed by atoms with van der Waals surface area (Å²) in [4.78, 5) is 11.3. The molecule has 0 saturated carbocycles. The lowest BCUT2D eigenvalue weighted by atomic mass is 10.1. The van der Waals surface area contributed by atoms with E-state index in [2.05, 4.69) is 10.0 Å². The Bertz CT molecular complexity index is 597. The smallest absolute Gasteiger partial charge is 0.240 e. The van der Waals surface area contributed by atoms with Crippen molar-refractivity contribution in [2.24, 2.45) is 0 Å². The number of carbonyl (C=O) groups excluding carboxylic acids is 1. The molecule has 0 atom stereocenters. The molecule has 1 aromatic rings. The first kappa shape index (κ1) is 16.5. The lowest BCUT2D eigenvalue weighted by Gasteiger charge is -2.12.